The highest BCUT2D eigenvalue weighted by molar-refractivity contribution is 6.12. The second-order valence-corrected chi connectivity index (χ2v) is 20.4. The van der Waals surface area contributed by atoms with E-state index in [0.717, 1.165) is 29.3 Å². The van der Waals surface area contributed by atoms with Gasteiger partial charge in [0, 0.05) is 44.4 Å². The fraction of sp³-hybridized carbons (Fsp3) is 0.333. The van der Waals surface area contributed by atoms with Gasteiger partial charge in [0.1, 0.15) is 33.8 Å². The smallest absolute Gasteiger partial charge is 0.323 e. The Bertz CT molecular complexity index is 3130. The van der Waals surface area contributed by atoms with E-state index < -0.39 is 5.66 Å². The molecule has 0 saturated heterocycles. The monoisotopic (exact) mass is 726 g/mol. The Morgan fingerprint density at radius 1 is 0.607 bits per heavy atom. The second kappa shape index (κ2) is 8.32. The van der Waals surface area contributed by atoms with Crippen LogP contribution in [0.2, 0.25) is 0 Å². The molecule has 5 nitrogen and oxygen atoms in total. The van der Waals surface area contributed by atoms with Gasteiger partial charge in [-0.25, -0.2) is 0 Å². The molecule has 4 aromatic carbocycles. The van der Waals surface area contributed by atoms with E-state index in [9.17, 15) is 0 Å². The van der Waals surface area contributed by atoms with Gasteiger partial charge in [0.25, 0.3) is 11.6 Å². The Hall–Kier alpha value is -5.42. The van der Waals surface area contributed by atoms with Gasteiger partial charge in [-0.1, -0.05) is 64.1 Å². The Kier molecular flexibility index (Phi) is 4.30. The lowest BCUT2D eigenvalue weighted by atomic mass is 9.48. The lowest BCUT2D eigenvalue weighted by molar-refractivity contribution is -0.932. The summed E-state index contributed by atoms with van der Waals surface area (Å²) in [6.07, 6.45) is 8.39. The molecule has 17 rings (SSSR count). The molecule has 1 unspecified atom stereocenters. The average molecular weight is 727 g/mol. The van der Waals surface area contributed by atoms with Crippen molar-refractivity contribution in [3.63, 3.8) is 0 Å². The van der Waals surface area contributed by atoms with Crippen LogP contribution in [0.15, 0.2) is 91.0 Å². The minimum atomic E-state index is -0.657. The molecule has 1 atom stereocenters. The van der Waals surface area contributed by atoms with E-state index in [1.165, 1.54) is 128 Å². The molecular weight excluding hydrogens is 685 g/mol. The van der Waals surface area contributed by atoms with Gasteiger partial charge >= 0.3 is 5.66 Å². The van der Waals surface area contributed by atoms with Gasteiger partial charge in [-0.2, -0.15) is 18.6 Å². The molecule has 0 N–H and O–H groups in total. The van der Waals surface area contributed by atoms with Gasteiger partial charge in [-0.15, -0.1) is 0 Å². The summed E-state index contributed by atoms with van der Waals surface area (Å²) < 4.78 is 15.5. The van der Waals surface area contributed by atoms with Crippen LogP contribution < -0.4 is 18.8 Å². The van der Waals surface area contributed by atoms with Crippen LogP contribution in [-0.2, 0) is 21.9 Å². The average Bonchev–Trinajstić information content (AvgIpc) is 3.68. The summed E-state index contributed by atoms with van der Waals surface area (Å²) in [5.74, 6) is 7.22. The van der Waals surface area contributed by atoms with E-state index in [1.807, 2.05) is 0 Å². The maximum absolute atomic E-state index is 7.27. The summed E-state index contributed by atoms with van der Waals surface area (Å²) in [5.41, 5.74) is 16.9. The third-order valence-electron chi connectivity index (χ3n) is 17.2. The van der Waals surface area contributed by atoms with Crippen molar-refractivity contribution in [1.82, 2.24) is 4.57 Å². The van der Waals surface area contributed by atoms with Crippen molar-refractivity contribution in [1.29, 1.82) is 0 Å². The standard InChI is InChI=1S/C51H42N4O/c1-48(2)32-9-7-10-33-45(32)53-46-34(48)14-17-40-43(46)51-42-39(56-40)16-12-31-30-8-5-6-11-36(30)52(44(31)42)41-22-29(50-23-26-18-27(24-50)20-28(19-26)25-50)21-38(54(41)51)37-15-13-35(49(33,3)4)47(53)55(37)51/h5-17,21-22,26-28H,18-20,23-25H2,1-4H3/q+2. The van der Waals surface area contributed by atoms with Crippen LogP contribution in [0.25, 0.3) is 39.0 Å². The molecule has 56 heavy (non-hydrogen) atoms. The van der Waals surface area contributed by atoms with Crippen LogP contribution in [0.3, 0.4) is 0 Å². The van der Waals surface area contributed by atoms with E-state index >= 15 is 0 Å². The fourth-order valence-electron chi connectivity index (χ4n) is 15.5. The Morgan fingerprint density at radius 2 is 1.29 bits per heavy atom. The SMILES string of the molecule is CC1(C)c2cccc3c2N2c4c1ccc1c4C45c6c(ccc7c8ccccc8n(c67)-c6cc(C78CC9CC(CC(C9)C7)C8)cc([n+]64)-c4ccc(c2[n+]45)C3(C)C)O1. The lowest BCUT2D eigenvalue weighted by Crippen LogP contribution is -2.76. The Morgan fingerprint density at radius 3 is 2.07 bits per heavy atom. The van der Waals surface area contributed by atoms with E-state index in [0.29, 0.717) is 0 Å². The predicted octanol–water partition coefficient (Wildman–Crippen LogP) is 10.6. The molecule has 3 aromatic heterocycles. The molecular formula is C51H42N4O+2. The molecule has 6 aliphatic heterocycles. The number of hydrogen-bond donors (Lipinski definition) is 0. The first-order chi connectivity index (χ1) is 27.2. The quantitative estimate of drug-likeness (QED) is 0.157. The molecule has 0 radical (unpaired) electrons. The molecule has 4 aliphatic carbocycles. The lowest BCUT2D eigenvalue weighted by Gasteiger charge is -2.57. The van der Waals surface area contributed by atoms with E-state index in [2.05, 4.69) is 137 Å². The number of rotatable bonds is 1. The predicted molar refractivity (Wildman–Crippen MR) is 217 cm³/mol. The minimum absolute atomic E-state index is 0.200. The first-order valence-corrected chi connectivity index (χ1v) is 21.3. The van der Waals surface area contributed by atoms with Crippen LogP contribution in [0.5, 0.6) is 11.5 Å². The first kappa shape index (κ1) is 28.9. The minimum Gasteiger partial charge on any atom is -0.456 e. The fourth-order valence-corrected chi connectivity index (χ4v) is 15.5. The van der Waals surface area contributed by atoms with Gasteiger partial charge in [-0.05, 0) is 116 Å². The highest BCUT2D eigenvalue weighted by Gasteiger charge is 2.73. The summed E-state index contributed by atoms with van der Waals surface area (Å²) in [5, 5.41) is 2.63. The number of anilines is 3. The molecule has 10 aliphatic rings. The van der Waals surface area contributed by atoms with Crippen molar-refractivity contribution in [3.8, 4) is 28.7 Å². The highest BCUT2D eigenvalue weighted by Crippen LogP contribution is 2.68. The van der Waals surface area contributed by atoms with Crippen molar-refractivity contribution in [3.05, 3.63) is 130 Å². The van der Waals surface area contributed by atoms with Crippen molar-refractivity contribution in [2.24, 2.45) is 17.8 Å². The Balaban J connectivity index is 1.16. The molecule has 7 aromatic rings. The van der Waals surface area contributed by atoms with E-state index in [1.54, 1.807) is 5.56 Å². The van der Waals surface area contributed by atoms with Gasteiger partial charge in [-0.3, -0.25) is 0 Å². The third-order valence-corrected chi connectivity index (χ3v) is 17.2. The number of hydrogen-bond acceptors (Lipinski definition) is 2. The molecule has 4 bridgehead atoms. The summed E-state index contributed by atoms with van der Waals surface area (Å²) in [7, 11) is 0. The largest absolute Gasteiger partial charge is 0.456 e. The topological polar surface area (TPSA) is 25.2 Å². The number of para-hydroxylation sites is 2. The van der Waals surface area contributed by atoms with Crippen molar-refractivity contribution in [2.45, 2.75) is 88.1 Å². The van der Waals surface area contributed by atoms with Crippen LogP contribution in [-0.4, -0.2) is 4.57 Å². The number of nitrogens with zero attached hydrogens (tertiary/aromatic N) is 4. The zero-order valence-corrected chi connectivity index (χ0v) is 32.3. The number of ether oxygens (including phenoxy) is 1. The van der Waals surface area contributed by atoms with Crippen LogP contribution >= 0.6 is 0 Å². The van der Waals surface area contributed by atoms with Gasteiger partial charge < -0.3 is 4.74 Å². The van der Waals surface area contributed by atoms with Crippen molar-refractivity contribution < 1.29 is 13.9 Å². The second-order valence-electron chi connectivity index (χ2n) is 20.4. The number of aromatic nitrogens is 3. The van der Waals surface area contributed by atoms with Crippen LogP contribution in [0.1, 0.15) is 105 Å². The van der Waals surface area contributed by atoms with Crippen LogP contribution in [0.4, 0.5) is 17.2 Å². The first-order valence-electron chi connectivity index (χ1n) is 21.3. The van der Waals surface area contributed by atoms with Crippen molar-refractivity contribution in [2.75, 3.05) is 4.90 Å². The molecule has 270 valence electrons. The molecule has 0 amide bonds. The van der Waals surface area contributed by atoms with E-state index in [-0.39, 0.29) is 16.2 Å². The highest BCUT2D eigenvalue weighted by atomic mass is 16.5. The normalized spacial score (nSPS) is 29.0. The molecule has 4 fully saturated rings. The van der Waals surface area contributed by atoms with Crippen molar-refractivity contribution >= 4 is 39.0 Å². The van der Waals surface area contributed by atoms with Gasteiger partial charge in [0.05, 0.1) is 5.56 Å². The summed E-state index contributed by atoms with van der Waals surface area (Å²) in [4.78, 5) is 2.70. The number of pyridine rings is 2. The molecule has 1 spiro atoms. The number of fused-ring (bicyclic) bond motifs is 5. The Labute approximate surface area is 325 Å². The van der Waals surface area contributed by atoms with Crippen LogP contribution in [0, 0.1) is 17.8 Å². The van der Waals surface area contributed by atoms with E-state index in [4.69, 9.17) is 4.74 Å². The summed E-state index contributed by atoms with van der Waals surface area (Å²) >= 11 is 0. The zero-order chi connectivity index (χ0) is 36.6. The van der Waals surface area contributed by atoms with Gasteiger partial charge in [0.15, 0.2) is 22.6 Å². The summed E-state index contributed by atoms with van der Waals surface area (Å²) in [6.45, 7) is 9.83. The third kappa shape index (κ3) is 2.65. The summed E-state index contributed by atoms with van der Waals surface area (Å²) in [6, 6.07) is 36.0. The van der Waals surface area contributed by atoms with Gasteiger partial charge in [0.2, 0.25) is 0 Å². The molecule has 5 heteroatoms. The molecule has 9 heterocycles. The maximum Gasteiger partial charge on any atom is 0.323 e. The maximum atomic E-state index is 7.27. The zero-order valence-electron chi connectivity index (χ0n) is 32.3. The molecule has 4 saturated carbocycles. The number of benzene rings is 4.